The quantitative estimate of drug-likeness (QED) is 0.894. The van der Waals surface area contributed by atoms with Gasteiger partial charge in [0.2, 0.25) is 0 Å². The topological polar surface area (TPSA) is 69.6 Å². The Labute approximate surface area is 116 Å². The van der Waals surface area contributed by atoms with Gasteiger partial charge >= 0.3 is 12.0 Å². The monoisotopic (exact) mass is 282 g/mol. The Balaban J connectivity index is 2.07. The van der Waals surface area contributed by atoms with Crippen LogP contribution in [0.2, 0.25) is 0 Å². The lowest BCUT2D eigenvalue weighted by atomic mass is 10.0. The first-order valence-corrected chi connectivity index (χ1v) is 7.39. The molecular weight excluding hydrogens is 264 g/mol. The number of carbonyl (C=O) groups excluding carboxylic acids is 1. The number of amides is 2. The number of anilines is 1. The van der Waals surface area contributed by atoms with Gasteiger partial charge in [-0.15, -0.1) is 11.3 Å². The molecule has 0 bridgehead atoms. The van der Waals surface area contributed by atoms with Gasteiger partial charge in [0, 0.05) is 12.6 Å². The smallest absolute Gasteiger partial charge is 0.338 e. The number of aromatic carboxylic acids is 1. The summed E-state index contributed by atoms with van der Waals surface area (Å²) in [6, 6.07) is 1.59. The number of carboxylic acids is 1. The molecule has 2 heterocycles. The lowest BCUT2D eigenvalue weighted by Gasteiger charge is -2.35. The molecule has 2 amide bonds. The van der Waals surface area contributed by atoms with E-state index in [4.69, 9.17) is 5.11 Å². The third kappa shape index (κ3) is 3.07. The van der Waals surface area contributed by atoms with Crippen LogP contribution in [0.15, 0.2) is 11.4 Å². The molecule has 2 rings (SSSR count). The van der Waals surface area contributed by atoms with Gasteiger partial charge in [0.1, 0.15) is 5.00 Å². The molecule has 1 aliphatic rings. The molecule has 1 aliphatic heterocycles. The van der Waals surface area contributed by atoms with E-state index in [0.29, 0.717) is 5.00 Å². The van der Waals surface area contributed by atoms with E-state index in [1.54, 1.807) is 5.38 Å². The van der Waals surface area contributed by atoms with E-state index in [0.717, 1.165) is 32.2 Å². The molecule has 1 aromatic rings. The van der Waals surface area contributed by atoms with Gasteiger partial charge in [-0.1, -0.05) is 6.92 Å². The zero-order valence-electron chi connectivity index (χ0n) is 10.9. The van der Waals surface area contributed by atoms with E-state index in [9.17, 15) is 9.59 Å². The van der Waals surface area contributed by atoms with E-state index in [1.807, 2.05) is 4.90 Å². The molecular formula is C13H18N2O3S. The number of thiophene rings is 1. The van der Waals surface area contributed by atoms with Gasteiger partial charge in [-0.25, -0.2) is 9.59 Å². The van der Waals surface area contributed by atoms with Gasteiger partial charge in [0.25, 0.3) is 0 Å². The summed E-state index contributed by atoms with van der Waals surface area (Å²) >= 11 is 1.24. The highest BCUT2D eigenvalue weighted by molar-refractivity contribution is 7.14. The third-order valence-corrected chi connectivity index (χ3v) is 4.31. The normalized spacial score (nSPS) is 19.2. The molecule has 0 spiro atoms. The molecule has 1 atom stereocenters. The zero-order valence-corrected chi connectivity index (χ0v) is 11.7. The number of piperidine rings is 1. The molecule has 1 unspecified atom stereocenters. The van der Waals surface area contributed by atoms with Crippen molar-refractivity contribution >= 4 is 28.3 Å². The second kappa shape index (κ2) is 6.06. The Morgan fingerprint density at radius 2 is 2.32 bits per heavy atom. The number of rotatable bonds is 3. The number of nitrogens with one attached hydrogen (secondary N) is 1. The van der Waals surface area contributed by atoms with Crippen LogP contribution in [-0.4, -0.2) is 34.6 Å². The molecule has 6 heteroatoms. The SMILES string of the molecule is CCC1CCCCN1C(=O)Nc1sccc1C(=O)O. The van der Waals surface area contributed by atoms with Gasteiger partial charge in [-0.3, -0.25) is 5.32 Å². The number of carbonyl (C=O) groups is 2. The second-order valence-electron chi connectivity index (χ2n) is 4.65. The lowest BCUT2D eigenvalue weighted by Crippen LogP contribution is -2.45. The van der Waals surface area contributed by atoms with Crippen molar-refractivity contribution in [3.05, 3.63) is 17.0 Å². The van der Waals surface area contributed by atoms with Crippen molar-refractivity contribution in [2.24, 2.45) is 0 Å². The number of urea groups is 1. The molecule has 19 heavy (non-hydrogen) atoms. The molecule has 1 fully saturated rings. The number of nitrogens with zero attached hydrogens (tertiary/aromatic N) is 1. The Bertz CT molecular complexity index is 472. The Kier molecular flexibility index (Phi) is 4.42. The van der Waals surface area contributed by atoms with Crippen molar-refractivity contribution in [1.29, 1.82) is 0 Å². The predicted molar refractivity (Wildman–Crippen MR) is 74.9 cm³/mol. The zero-order chi connectivity index (χ0) is 13.8. The molecule has 2 N–H and O–H groups in total. The van der Waals surface area contributed by atoms with Crippen LogP contribution in [0.1, 0.15) is 43.0 Å². The second-order valence-corrected chi connectivity index (χ2v) is 5.57. The molecule has 1 saturated heterocycles. The Morgan fingerprint density at radius 3 is 3.00 bits per heavy atom. The van der Waals surface area contributed by atoms with Crippen molar-refractivity contribution < 1.29 is 14.7 Å². The van der Waals surface area contributed by atoms with Crippen LogP contribution in [0.5, 0.6) is 0 Å². The highest BCUT2D eigenvalue weighted by atomic mass is 32.1. The highest BCUT2D eigenvalue weighted by Crippen LogP contribution is 2.25. The van der Waals surface area contributed by atoms with Crippen LogP contribution in [0, 0.1) is 0 Å². The highest BCUT2D eigenvalue weighted by Gasteiger charge is 2.26. The fraction of sp³-hybridized carbons (Fsp3) is 0.538. The van der Waals surface area contributed by atoms with Crippen molar-refractivity contribution in [2.75, 3.05) is 11.9 Å². The lowest BCUT2D eigenvalue weighted by molar-refractivity contribution is 0.0698. The minimum absolute atomic E-state index is 0.156. The van der Waals surface area contributed by atoms with E-state index >= 15 is 0 Å². The molecule has 0 aromatic carbocycles. The maximum atomic E-state index is 12.2. The van der Waals surface area contributed by atoms with Gasteiger partial charge < -0.3 is 10.0 Å². The minimum atomic E-state index is -1.01. The first-order chi connectivity index (χ1) is 9.13. The predicted octanol–water partition coefficient (Wildman–Crippen LogP) is 3.24. The van der Waals surface area contributed by atoms with Crippen LogP contribution >= 0.6 is 11.3 Å². The maximum Gasteiger partial charge on any atom is 0.338 e. The first kappa shape index (κ1) is 13.9. The summed E-state index contributed by atoms with van der Waals surface area (Å²) in [5, 5.41) is 13.8. The van der Waals surface area contributed by atoms with Crippen molar-refractivity contribution in [1.82, 2.24) is 4.90 Å². The van der Waals surface area contributed by atoms with Crippen molar-refractivity contribution in [3.63, 3.8) is 0 Å². The third-order valence-electron chi connectivity index (χ3n) is 3.48. The summed E-state index contributed by atoms with van der Waals surface area (Å²) in [6.07, 6.45) is 4.13. The summed E-state index contributed by atoms with van der Waals surface area (Å²) in [7, 11) is 0. The number of likely N-dealkylation sites (tertiary alicyclic amines) is 1. The van der Waals surface area contributed by atoms with E-state index in [1.165, 1.54) is 17.4 Å². The Morgan fingerprint density at radius 1 is 1.53 bits per heavy atom. The maximum absolute atomic E-state index is 12.2. The van der Waals surface area contributed by atoms with Crippen molar-refractivity contribution in [3.8, 4) is 0 Å². The molecule has 104 valence electrons. The van der Waals surface area contributed by atoms with Gasteiger partial charge in [-0.2, -0.15) is 0 Å². The first-order valence-electron chi connectivity index (χ1n) is 6.52. The largest absolute Gasteiger partial charge is 0.478 e. The average Bonchev–Trinajstić information content (AvgIpc) is 2.87. The average molecular weight is 282 g/mol. The molecule has 1 aromatic heterocycles. The summed E-state index contributed by atoms with van der Waals surface area (Å²) in [4.78, 5) is 25.1. The standard InChI is InChI=1S/C13H18N2O3S/c1-2-9-5-3-4-7-15(9)13(18)14-11-10(12(16)17)6-8-19-11/h6,8-9H,2-5,7H2,1H3,(H,14,18)(H,16,17). The molecule has 0 aliphatic carbocycles. The number of carboxylic acid groups (broad SMARTS) is 1. The van der Waals surface area contributed by atoms with Crippen LogP contribution in [0.3, 0.4) is 0 Å². The van der Waals surface area contributed by atoms with Crippen LogP contribution in [-0.2, 0) is 0 Å². The van der Waals surface area contributed by atoms with E-state index in [-0.39, 0.29) is 17.6 Å². The summed E-state index contributed by atoms with van der Waals surface area (Å²) < 4.78 is 0. The minimum Gasteiger partial charge on any atom is -0.478 e. The Hall–Kier alpha value is -1.56. The van der Waals surface area contributed by atoms with Crippen LogP contribution < -0.4 is 5.32 Å². The summed E-state index contributed by atoms with van der Waals surface area (Å²) in [5.74, 6) is -1.01. The number of hydrogen-bond donors (Lipinski definition) is 2. The molecule has 0 saturated carbocycles. The van der Waals surface area contributed by atoms with Gasteiger partial charge in [0.05, 0.1) is 5.56 Å². The van der Waals surface area contributed by atoms with Gasteiger partial charge in [0.15, 0.2) is 0 Å². The summed E-state index contributed by atoms with van der Waals surface area (Å²) in [5.41, 5.74) is 0.156. The van der Waals surface area contributed by atoms with Gasteiger partial charge in [-0.05, 0) is 37.1 Å². The van der Waals surface area contributed by atoms with Crippen LogP contribution in [0.25, 0.3) is 0 Å². The molecule has 5 nitrogen and oxygen atoms in total. The summed E-state index contributed by atoms with van der Waals surface area (Å²) in [6.45, 7) is 2.82. The van der Waals surface area contributed by atoms with Crippen LogP contribution in [0.4, 0.5) is 9.80 Å². The fourth-order valence-electron chi connectivity index (χ4n) is 2.44. The fourth-order valence-corrected chi connectivity index (χ4v) is 3.20. The molecule has 0 radical (unpaired) electrons. The number of hydrogen-bond acceptors (Lipinski definition) is 3. The van der Waals surface area contributed by atoms with E-state index in [2.05, 4.69) is 12.2 Å². The van der Waals surface area contributed by atoms with Crippen molar-refractivity contribution in [2.45, 2.75) is 38.6 Å². The van der Waals surface area contributed by atoms with E-state index < -0.39 is 5.97 Å².